The van der Waals surface area contributed by atoms with E-state index in [0.29, 0.717) is 0 Å². The average molecular weight is 206 g/mol. The maximum absolute atomic E-state index is 2.41. The number of hydrogen-bond donors (Lipinski definition) is 0. The van der Waals surface area contributed by atoms with Gasteiger partial charge in [-0.05, 0) is 34.8 Å². The van der Waals surface area contributed by atoms with Gasteiger partial charge in [-0.25, -0.2) is 0 Å². The summed E-state index contributed by atoms with van der Waals surface area (Å²) in [6, 6.07) is 8.84. The molecule has 0 saturated heterocycles. The molecule has 0 heterocycles. The summed E-state index contributed by atoms with van der Waals surface area (Å²) in [4.78, 5) is 0. The molecule has 0 spiro atoms. The lowest BCUT2D eigenvalue weighted by molar-refractivity contribution is 0.147. The Morgan fingerprint density at radius 2 is 1.50 bits per heavy atom. The first kappa shape index (κ1) is 8.58. The van der Waals surface area contributed by atoms with Crippen LogP contribution in [0.4, 0.5) is 0 Å². The van der Waals surface area contributed by atoms with Gasteiger partial charge in [-0.1, -0.05) is 60.7 Å². The highest BCUT2D eigenvalue weighted by Crippen LogP contribution is 2.57. The number of benzene rings is 1. The Bertz CT molecular complexity index is 519. The molecule has 1 aromatic rings. The molecule has 0 bridgehead atoms. The molecule has 0 unspecified atom stereocenters. The molecule has 78 valence electrons. The smallest absolute Gasteiger partial charge is 0.00182 e. The minimum Gasteiger partial charge on any atom is -0.0802 e. The van der Waals surface area contributed by atoms with Gasteiger partial charge < -0.3 is 0 Å². The first-order chi connectivity index (χ1) is 7.95. The van der Waals surface area contributed by atoms with Gasteiger partial charge in [0.05, 0.1) is 0 Å². The molecule has 0 heteroatoms. The molecule has 0 amide bonds. The van der Waals surface area contributed by atoms with E-state index in [2.05, 4.69) is 60.7 Å². The van der Waals surface area contributed by atoms with Gasteiger partial charge in [-0.3, -0.25) is 0 Å². The Balaban J connectivity index is 1.83. The zero-order valence-electron chi connectivity index (χ0n) is 9.08. The summed E-state index contributed by atoms with van der Waals surface area (Å²) in [6.07, 6.45) is 13.9. The number of hydrogen-bond acceptors (Lipinski definition) is 0. The van der Waals surface area contributed by atoms with Gasteiger partial charge in [0.2, 0.25) is 0 Å². The lowest BCUT2D eigenvalue weighted by Gasteiger charge is -2.52. The summed E-state index contributed by atoms with van der Waals surface area (Å²) >= 11 is 0. The van der Waals surface area contributed by atoms with E-state index in [9.17, 15) is 0 Å². The van der Waals surface area contributed by atoms with Gasteiger partial charge in [0.1, 0.15) is 0 Å². The van der Waals surface area contributed by atoms with Crippen LogP contribution in [0.15, 0.2) is 54.6 Å². The lowest BCUT2D eigenvalue weighted by Crippen LogP contribution is -2.44. The maximum Gasteiger partial charge on any atom is -0.00182 e. The van der Waals surface area contributed by atoms with E-state index in [1.807, 2.05) is 0 Å². The van der Waals surface area contributed by atoms with E-state index in [1.165, 1.54) is 5.56 Å². The van der Waals surface area contributed by atoms with E-state index >= 15 is 0 Å². The fourth-order valence-corrected chi connectivity index (χ4v) is 3.58. The molecule has 1 saturated carbocycles. The molecular weight excluding hydrogens is 192 g/mol. The third-order valence-electron chi connectivity index (χ3n) is 4.35. The van der Waals surface area contributed by atoms with Crippen LogP contribution in [-0.4, -0.2) is 0 Å². The summed E-state index contributed by atoms with van der Waals surface area (Å²) in [5, 5.41) is 0. The number of fused-ring (bicyclic) bond motifs is 6. The molecule has 3 aliphatic rings. The highest BCUT2D eigenvalue weighted by atomic mass is 14.5. The first-order valence-corrected chi connectivity index (χ1v) is 6.07. The summed E-state index contributed by atoms with van der Waals surface area (Å²) < 4.78 is 0. The fraction of sp³-hybridized carbons (Fsp3) is 0.250. The van der Waals surface area contributed by atoms with Gasteiger partial charge in [-0.15, -0.1) is 0 Å². The maximum atomic E-state index is 2.41. The minimum absolute atomic E-state index is 0.729. The van der Waals surface area contributed by atoms with Crippen LogP contribution in [0, 0.1) is 17.8 Å². The topological polar surface area (TPSA) is 0 Å². The predicted octanol–water partition coefficient (Wildman–Crippen LogP) is 3.79. The molecule has 0 N–H and O–H groups in total. The van der Waals surface area contributed by atoms with Crippen molar-refractivity contribution in [1.82, 2.24) is 0 Å². The highest BCUT2D eigenvalue weighted by molar-refractivity contribution is 5.61. The van der Waals surface area contributed by atoms with Crippen LogP contribution < -0.4 is 0 Å². The summed E-state index contributed by atoms with van der Waals surface area (Å²) in [6.45, 7) is 0. The molecule has 1 fully saturated rings. The molecule has 16 heavy (non-hydrogen) atoms. The van der Waals surface area contributed by atoms with Crippen molar-refractivity contribution in [2.75, 3.05) is 0 Å². The average Bonchev–Trinajstić information content (AvgIpc) is 2.34. The Morgan fingerprint density at radius 3 is 2.44 bits per heavy atom. The van der Waals surface area contributed by atoms with E-state index in [4.69, 9.17) is 0 Å². The highest BCUT2D eigenvalue weighted by Gasteiger charge is 2.49. The third-order valence-corrected chi connectivity index (χ3v) is 4.35. The first-order valence-electron chi connectivity index (χ1n) is 6.07. The zero-order chi connectivity index (χ0) is 10.5. The van der Waals surface area contributed by atoms with Crippen molar-refractivity contribution in [1.29, 1.82) is 0 Å². The number of allylic oxidation sites excluding steroid dienone is 5. The molecule has 4 rings (SSSR count). The Hall–Kier alpha value is -1.56. The minimum atomic E-state index is 0.729. The molecular formula is C16H14. The second kappa shape index (κ2) is 2.98. The molecule has 0 radical (unpaired) electrons. The summed E-state index contributed by atoms with van der Waals surface area (Å²) in [5.41, 5.74) is 2.97. The van der Waals surface area contributed by atoms with Gasteiger partial charge in [0.25, 0.3) is 0 Å². The van der Waals surface area contributed by atoms with E-state index < -0.39 is 0 Å². The summed E-state index contributed by atoms with van der Waals surface area (Å²) in [5.74, 6) is 2.95. The normalized spacial score (nSPS) is 37.2. The van der Waals surface area contributed by atoms with Crippen molar-refractivity contribution < 1.29 is 0 Å². The standard InChI is InChI=1S/C16H14/c1-2-6-12-11(5-1)9-10-15-13-7-3-4-8-14(13)16(12)15/h1-10,13-16H/t13-,14+,15-,16+/m0/s1. The van der Waals surface area contributed by atoms with Gasteiger partial charge >= 0.3 is 0 Å². The molecule has 0 nitrogen and oxygen atoms in total. The monoisotopic (exact) mass is 206 g/mol. The van der Waals surface area contributed by atoms with Crippen LogP contribution in [0.25, 0.3) is 6.08 Å². The van der Waals surface area contributed by atoms with Crippen LogP contribution in [0.5, 0.6) is 0 Å². The third kappa shape index (κ3) is 0.948. The van der Waals surface area contributed by atoms with Crippen LogP contribution in [-0.2, 0) is 0 Å². The molecule has 3 aliphatic carbocycles. The van der Waals surface area contributed by atoms with Gasteiger partial charge in [0, 0.05) is 0 Å². The fourth-order valence-electron chi connectivity index (χ4n) is 3.58. The van der Waals surface area contributed by atoms with Crippen LogP contribution >= 0.6 is 0 Å². The van der Waals surface area contributed by atoms with E-state index in [1.54, 1.807) is 5.56 Å². The van der Waals surface area contributed by atoms with Crippen molar-refractivity contribution in [3.8, 4) is 0 Å². The van der Waals surface area contributed by atoms with Crippen molar-refractivity contribution in [3.05, 3.63) is 65.8 Å². The molecule has 0 aliphatic heterocycles. The van der Waals surface area contributed by atoms with Crippen LogP contribution in [0.3, 0.4) is 0 Å². The largest absolute Gasteiger partial charge is 0.0802 e. The van der Waals surface area contributed by atoms with E-state index in [-0.39, 0.29) is 0 Å². The second-order valence-electron chi connectivity index (χ2n) is 5.02. The summed E-state index contributed by atoms with van der Waals surface area (Å²) in [7, 11) is 0. The van der Waals surface area contributed by atoms with E-state index in [0.717, 1.165) is 23.7 Å². The Labute approximate surface area is 96.0 Å². The van der Waals surface area contributed by atoms with Crippen LogP contribution in [0.2, 0.25) is 0 Å². The molecule has 0 aromatic heterocycles. The van der Waals surface area contributed by atoms with Gasteiger partial charge in [-0.2, -0.15) is 0 Å². The molecule has 4 atom stereocenters. The number of rotatable bonds is 0. The lowest BCUT2D eigenvalue weighted by atomic mass is 9.51. The quantitative estimate of drug-likeness (QED) is 0.606. The van der Waals surface area contributed by atoms with Crippen molar-refractivity contribution in [2.24, 2.45) is 17.8 Å². The second-order valence-corrected chi connectivity index (χ2v) is 5.02. The van der Waals surface area contributed by atoms with Crippen molar-refractivity contribution in [3.63, 3.8) is 0 Å². The Kier molecular flexibility index (Phi) is 1.59. The van der Waals surface area contributed by atoms with Crippen molar-refractivity contribution >= 4 is 6.08 Å². The van der Waals surface area contributed by atoms with Gasteiger partial charge in [0.15, 0.2) is 0 Å². The zero-order valence-corrected chi connectivity index (χ0v) is 9.08. The molecule has 1 aromatic carbocycles. The Morgan fingerprint density at radius 1 is 0.750 bits per heavy atom. The SMILES string of the molecule is C1=C[C@H]2[C@@H](C=C1)[C@H]1c3ccccc3C=C[C@@H]21. The van der Waals surface area contributed by atoms with Crippen molar-refractivity contribution in [2.45, 2.75) is 5.92 Å². The van der Waals surface area contributed by atoms with Crippen LogP contribution in [0.1, 0.15) is 17.0 Å². The predicted molar refractivity (Wildman–Crippen MR) is 67.0 cm³/mol.